The SMILES string of the molecule is C=NO.CN(C)C(=O)c1ccccc1. The fourth-order valence-electron chi connectivity index (χ4n) is 0.839. The van der Waals surface area contributed by atoms with E-state index in [0.29, 0.717) is 0 Å². The molecule has 0 radical (unpaired) electrons. The molecule has 0 aliphatic heterocycles. The molecule has 0 saturated carbocycles. The third-order valence-corrected chi connectivity index (χ3v) is 1.43. The molecule has 0 fully saturated rings. The van der Waals surface area contributed by atoms with Gasteiger partial charge >= 0.3 is 0 Å². The summed E-state index contributed by atoms with van der Waals surface area (Å²) in [7, 11) is 3.49. The van der Waals surface area contributed by atoms with Crippen LogP contribution in [0.1, 0.15) is 10.4 Å². The van der Waals surface area contributed by atoms with Gasteiger partial charge in [0.05, 0.1) is 0 Å². The molecular weight excluding hydrogens is 180 g/mol. The van der Waals surface area contributed by atoms with Crippen molar-refractivity contribution < 1.29 is 10.0 Å². The Bertz CT molecular complexity index is 283. The quantitative estimate of drug-likeness (QED) is 0.418. The van der Waals surface area contributed by atoms with Crippen LogP contribution < -0.4 is 0 Å². The average molecular weight is 194 g/mol. The Balaban J connectivity index is 0.000000500. The lowest BCUT2D eigenvalue weighted by molar-refractivity contribution is 0.0827. The maximum atomic E-state index is 11.3. The van der Waals surface area contributed by atoms with Crippen molar-refractivity contribution in [1.82, 2.24) is 4.90 Å². The fourth-order valence-corrected chi connectivity index (χ4v) is 0.839. The van der Waals surface area contributed by atoms with Crippen molar-refractivity contribution in [2.75, 3.05) is 14.1 Å². The first-order chi connectivity index (χ1) is 6.63. The monoisotopic (exact) mass is 194 g/mol. The van der Waals surface area contributed by atoms with E-state index in [9.17, 15) is 4.79 Å². The molecule has 14 heavy (non-hydrogen) atoms. The van der Waals surface area contributed by atoms with Gasteiger partial charge in [0.2, 0.25) is 0 Å². The summed E-state index contributed by atoms with van der Waals surface area (Å²) in [6, 6.07) is 9.23. The van der Waals surface area contributed by atoms with Crippen molar-refractivity contribution >= 4 is 12.6 Å². The molecule has 76 valence electrons. The van der Waals surface area contributed by atoms with E-state index in [1.54, 1.807) is 19.0 Å². The molecule has 1 amide bonds. The first-order valence-corrected chi connectivity index (χ1v) is 4.00. The maximum absolute atomic E-state index is 11.3. The van der Waals surface area contributed by atoms with Gasteiger partial charge in [0.15, 0.2) is 0 Å². The average Bonchev–Trinajstić information content (AvgIpc) is 2.19. The second-order valence-corrected chi connectivity index (χ2v) is 2.71. The van der Waals surface area contributed by atoms with Crippen LogP contribution in [0.25, 0.3) is 0 Å². The summed E-state index contributed by atoms with van der Waals surface area (Å²) in [6.45, 7) is 2.67. The second kappa shape index (κ2) is 6.65. The smallest absolute Gasteiger partial charge is 0.253 e. The highest BCUT2D eigenvalue weighted by Gasteiger charge is 2.04. The fraction of sp³-hybridized carbons (Fsp3) is 0.200. The summed E-state index contributed by atoms with van der Waals surface area (Å²) in [5.41, 5.74) is 0.734. The minimum atomic E-state index is 0.0469. The van der Waals surface area contributed by atoms with Crippen molar-refractivity contribution in [2.24, 2.45) is 5.16 Å². The third kappa shape index (κ3) is 4.25. The zero-order valence-corrected chi connectivity index (χ0v) is 8.34. The molecule has 0 unspecified atom stereocenters. The Morgan fingerprint density at radius 3 is 2.14 bits per heavy atom. The lowest BCUT2D eigenvalue weighted by Crippen LogP contribution is -2.21. The molecule has 1 N–H and O–H groups in total. The van der Waals surface area contributed by atoms with Crippen molar-refractivity contribution in [2.45, 2.75) is 0 Å². The molecule has 1 rings (SSSR count). The number of hydrogen-bond acceptors (Lipinski definition) is 3. The van der Waals surface area contributed by atoms with E-state index in [0.717, 1.165) is 5.56 Å². The van der Waals surface area contributed by atoms with Gasteiger partial charge in [-0.3, -0.25) is 4.79 Å². The summed E-state index contributed by atoms with van der Waals surface area (Å²) in [4.78, 5) is 12.8. The van der Waals surface area contributed by atoms with E-state index in [1.807, 2.05) is 30.3 Å². The molecular formula is C10H14N2O2. The lowest BCUT2D eigenvalue weighted by atomic mass is 10.2. The standard InChI is InChI=1S/C9H11NO.CH3NO/c1-10(2)9(11)8-6-4-3-5-7-8;1-2-3/h3-7H,1-2H3;3H,1H2. The van der Waals surface area contributed by atoms with Crippen LogP contribution in [0.5, 0.6) is 0 Å². The van der Waals surface area contributed by atoms with E-state index >= 15 is 0 Å². The second-order valence-electron chi connectivity index (χ2n) is 2.71. The van der Waals surface area contributed by atoms with Gasteiger partial charge in [0, 0.05) is 26.4 Å². The molecule has 0 bridgehead atoms. The van der Waals surface area contributed by atoms with Gasteiger partial charge in [-0.2, -0.15) is 0 Å². The number of hydrogen-bond donors (Lipinski definition) is 1. The van der Waals surface area contributed by atoms with Crippen LogP contribution in [0.15, 0.2) is 35.5 Å². The topological polar surface area (TPSA) is 52.9 Å². The maximum Gasteiger partial charge on any atom is 0.253 e. The number of amides is 1. The number of rotatable bonds is 1. The number of oxime groups is 1. The summed E-state index contributed by atoms with van der Waals surface area (Å²) < 4.78 is 0. The Morgan fingerprint density at radius 2 is 1.79 bits per heavy atom. The van der Waals surface area contributed by atoms with Crippen molar-refractivity contribution in [1.29, 1.82) is 0 Å². The molecule has 0 saturated heterocycles. The van der Waals surface area contributed by atoms with Gasteiger partial charge in [-0.1, -0.05) is 18.2 Å². The van der Waals surface area contributed by atoms with Crippen molar-refractivity contribution in [3.63, 3.8) is 0 Å². The molecule has 0 aliphatic rings. The summed E-state index contributed by atoms with van der Waals surface area (Å²) in [5.74, 6) is 0.0469. The minimum Gasteiger partial charge on any atom is -0.411 e. The largest absolute Gasteiger partial charge is 0.411 e. The molecule has 1 aromatic carbocycles. The van der Waals surface area contributed by atoms with Crippen LogP contribution in [0.2, 0.25) is 0 Å². The van der Waals surface area contributed by atoms with Crippen LogP contribution in [-0.4, -0.2) is 36.8 Å². The Kier molecular flexibility index (Phi) is 5.78. The van der Waals surface area contributed by atoms with Gasteiger partial charge in [-0.05, 0) is 12.1 Å². The molecule has 0 atom stereocenters. The van der Waals surface area contributed by atoms with E-state index < -0.39 is 0 Å². The predicted octanol–water partition coefficient (Wildman–Crippen LogP) is 1.46. The van der Waals surface area contributed by atoms with E-state index in [2.05, 4.69) is 11.9 Å². The highest BCUT2D eigenvalue weighted by Crippen LogP contribution is 2.00. The molecule has 0 aromatic heterocycles. The number of carbonyl (C=O) groups excluding carboxylic acids is 1. The first-order valence-electron chi connectivity index (χ1n) is 4.00. The van der Waals surface area contributed by atoms with Crippen molar-refractivity contribution in [3.8, 4) is 0 Å². The van der Waals surface area contributed by atoms with E-state index in [4.69, 9.17) is 5.21 Å². The van der Waals surface area contributed by atoms with Crippen molar-refractivity contribution in [3.05, 3.63) is 35.9 Å². The summed E-state index contributed by atoms with van der Waals surface area (Å²) >= 11 is 0. The molecule has 0 aliphatic carbocycles. The van der Waals surface area contributed by atoms with Crippen LogP contribution in [-0.2, 0) is 0 Å². The normalized spacial score (nSPS) is 8.14. The van der Waals surface area contributed by atoms with Gasteiger partial charge in [-0.15, -0.1) is 5.16 Å². The molecule has 1 aromatic rings. The zero-order valence-electron chi connectivity index (χ0n) is 8.34. The number of carbonyl (C=O) groups is 1. The summed E-state index contributed by atoms with van der Waals surface area (Å²) in [5, 5.41) is 9.33. The van der Waals surface area contributed by atoms with Gasteiger partial charge in [0.1, 0.15) is 0 Å². The van der Waals surface area contributed by atoms with Gasteiger partial charge in [0.25, 0.3) is 5.91 Å². The van der Waals surface area contributed by atoms with Gasteiger partial charge in [-0.25, -0.2) is 0 Å². The first kappa shape index (κ1) is 12.2. The molecule has 4 nitrogen and oxygen atoms in total. The molecule has 0 heterocycles. The Labute approximate surface area is 83.5 Å². The van der Waals surface area contributed by atoms with Crippen LogP contribution in [0, 0.1) is 0 Å². The highest BCUT2D eigenvalue weighted by atomic mass is 16.4. The lowest BCUT2D eigenvalue weighted by Gasteiger charge is -2.08. The highest BCUT2D eigenvalue weighted by molar-refractivity contribution is 5.93. The molecule has 4 heteroatoms. The predicted molar refractivity (Wildman–Crippen MR) is 55.8 cm³/mol. The Morgan fingerprint density at radius 1 is 1.36 bits per heavy atom. The molecule has 0 spiro atoms. The zero-order chi connectivity index (χ0) is 11.0. The third-order valence-electron chi connectivity index (χ3n) is 1.43. The number of nitrogens with zero attached hydrogens (tertiary/aromatic N) is 2. The Hall–Kier alpha value is -1.84. The van der Waals surface area contributed by atoms with E-state index in [-0.39, 0.29) is 5.91 Å². The summed E-state index contributed by atoms with van der Waals surface area (Å²) in [6.07, 6.45) is 0. The minimum absolute atomic E-state index is 0.0469. The van der Waals surface area contributed by atoms with Crippen LogP contribution in [0.4, 0.5) is 0 Å². The van der Waals surface area contributed by atoms with Crippen LogP contribution >= 0.6 is 0 Å². The van der Waals surface area contributed by atoms with Gasteiger partial charge < -0.3 is 10.1 Å². The number of benzene rings is 1. The van der Waals surface area contributed by atoms with Crippen LogP contribution in [0.3, 0.4) is 0 Å². The van der Waals surface area contributed by atoms with E-state index in [1.165, 1.54) is 0 Å².